The molecule has 4 heterocycles. The van der Waals surface area contributed by atoms with E-state index in [0.29, 0.717) is 36.6 Å². The molecule has 2 saturated heterocycles. The molecule has 38 heavy (non-hydrogen) atoms. The lowest BCUT2D eigenvalue weighted by Gasteiger charge is -2.34. The number of aromatic nitrogens is 2. The summed E-state index contributed by atoms with van der Waals surface area (Å²) in [7, 11) is 2.11. The van der Waals surface area contributed by atoms with Crippen LogP contribution in [0.3, 0.4) is 0 Å². The summed E-state index contributed by atoms with van der Waals surface area (Å²) in [6.45, 7) is 5.40. The van der Waals surface area contributed by atoms with Crippen LogP contribution in [0.15, 0.2) is 61.1 Å². The lowest BCUT2D eigenvalue weighted by atomic mass is 10.1. The number of piperazine rings is 1. The van der Waals surface area contributed by atoms with Crippen molar-refractivity contribution < 1.29 is 14.3 Å². The lowest BCUT2D eigenvalue weighted by Crippen LogP contribution is -2.52. The van der Waals surface area contributed by atoms with Crippen LogP contribution in [-0.2, 0) is 4.74 Å². The van der Waals surface area contributed by atoms with Crippen LogP contribution in [0, 0.1) is 0 Å². The molecule has 0 spiro atoms. The van der Waals surface area contributed by atoms with Crippen molar-refractivity contribution in [2.24, 2.45) is 0 Å². The number of nitrogens with zero attached hydrogens (tertiary/aromatic N) is 5. The van der Waals surface area contributed by atoms with Crippen molar-refractivity contribution in [1.82, 2.24) is 20.2 Å². The number of rotatable bonds is 6. The van der Waals surface area contributed by atoms with E-state index in [0.717, 1.165) is 32.0 Å². The van der Waals surface area contributed by atoms with E-state index < -0.39 is 12.1 Å². The fourth-order valence-corrected chi connectivity index (χ4v) is 4.69. The second kappa shape index (κ2) is 11.9. The number of amides is 2. The number of ether oxygens (including phenoxy) is 1. The van der Waals surface area contributed by atoms with Gasteiger partial charge in [-0.1, -0.05) is 11.6 Å². The maximum atomic E-state index is 13.5. The SMILES string of the molecule is CN1CCN(c2ccc(NC(=O)c3cc(N(C(=O)c4ccncc4)C4CNCCO4)ccc3Cl)cn2)CC1. The Kier molecular flexibility index (Phi) is 8.14. The molecule has 2 aromatic heterocycles. The third-order valence-corrected chi connectivity index (χ3v) is 6.98. The third-order valence-electron chi connectivity index (χ3n) is 6.65. The van der Waals surface area contributed by atoms with Gasteiger partial charge in [-0.15, -0.1) is 0 Å². The zero-order valence-corrected chi connectivity index (χ0v) is 21.9. The summed E-state index contributed by atoms with van der Waals surface area (Å²) < 4.78 is 5.91. The number of halogens is 1. The molecule has 2 amide bonds. The number of benzene rings is 1. The number of likely N-dealkylation sites (N-methyl/N-ethyl adjacent to an activating group) is 1. The molecule has 2 aliphatic heterocycles. The monoisotopic (exact) mass is 535 g/mol. The van der Waals surface area contributed by atoms with Crippen molar-refractivity contribution in [2.45, 2.75) is 6.23 Å². The number of carbonyl (C=O) groups is 2. The number of carbonyl (C=O) groups excluding carboxylic acids is 2. The minimum atomic E-state index is -0.548. The summed E-state index contributed by atoms with van der Waals surface area (Å²) in [6, 6.07) is 12.0. The predicted octanol–water partition coefficient (Wildman–Crippen LogP) is 2.73. The van der Waals surface area contributed by atoms with Crippen molar-refractivity contribution in [3.63, 3.8) is 0 Å². The van der Waals surface area contributed by atoms with E-state index >= 15 is 0 Å². The van der Waals surface area contributed by atoms with Gasteiger partial charge in [-0.3, -0.25) is 19.5 Å². The summed E-state index contributed by atoms with van der Waals surface area (Å²) in [5.74, 6) is 0.214. The highest BCUT2D eigenvalue weighted by atomic mass is 35.5. The molecule has 10 nitrogen and oxygen atoms in total. The fraction of sp³-hybridized carbons (Fsp3) is 0.333. The summed E-state index contributed by atoms with van der Waals surface area (Å²) in [5.41, 5.74) is 1.75. The second-order valence-corrected chi connectivity index (χ2v) is 9.66. The number of nitrogens with one attached hydrogen (secondary N) is 2. The van der Waals surface area contributed by atoms with Gasteiger partial charge < -0.3 is 25.2 Å². The van der Waals surface area contributed by atoms with Gasteiger partial charge in [0.15, 0.2) is 0 Å². The van der Waals surface area contributed by atoms with E-state index in [1.54, 1.807) is 53.8 Å². The molecule has 2 N–H and O–H groups in total. The summed E-state index contributed by atoms with van der Waals surface area (Å²) >= 11 is 6.44. The standard InChI is InChI=1S/C27H30ClN7O3/c1-33-11-13-34(14-12-33)24-5-2-20(17-31-24)32-26(36)22-16-21(3-4-23(22)28)35(25-18-30-10-15-38-25)27(37)19-6-8-29-9-7-19/h2-9,16-17,25,30H,10-15,18H2,1H3,(H,32,36). The summed E-state index contributed by atoms with van der Waals surface area (Å²) in [5, 5.41) is 6.40. The summed E-state index contributed by atoms with van der Waals surface area (Å²) in [4.78, 5) is 41.4. The molecule has 5 rings (SSSR count). The first-order valence-corrected chi connectivity index (χ1v) is 12.9. The van der Waals surface area contributed by atoms with Crippen LogP contribution >= 0.6 is 11.6 Å². The highest BCUT2D eigenvalue weighted by molar-refractivity contribution is 6.34. The van der Waals surface area contributed by atoms with Crippen LogP contribution in [0.5, 0.6) is 0 Å². The molecule has 0 bridgehead atoms. The van der Waals surface area contributed by atoms with Gasteiger partial charge in [0.2, 0.25) is 0 Å². The Labute approximate surface area is 226 Å². The minimum absolute atomic E-state index is 0.239. The maximum absolute atomic E-state index is 13.5. The second-order valence-electron chi connectivity index (χ2n) is 9.25. The van der Waals surface area contributed by atoms with Gasteiger partial charge in [-0.25, -0.2) is 4.98 Å². The van der Waals surface area contributed by atoms with Gasteiger partial charge in [0.1, 0.15) is 12.0 Å². The molecule has 0 saturated carbocycles. The van der Waals surface area contributed by atoms with E-state index in [1.807, 2.05) is 12.1 Å². The van der Waals surface area contributed by atoms with Crippen molar-refractivity contribution in [3.05, 3.63) is 77.2 Å². The number of hydrogen-bond acceptors (Lipinski definition) is 8. The van der Waals surface area contributed by atoms with E-state index in [-0.39, 0.29) is 16.5 Å². The van der Waals surface area contributed by atoms with Gasteiger partial charge in [-0.05, 0) is 49.5 Å². The Bertz CT molecular complexity index is 1260. The fourth-order valence-electron chi connectivity index (χ4n) is 4.48. The molecule has 198 valence electrons. The van der Waals surface area contributed by atoms with E-state index in [9.17, 15) is 9.59 Å². The molecule has 3 aromatic rings. The van der Waals surface area contributed by atoms with Crippen LogP contribution < -0.4 is 20.4 Å². The average molecular weight is 536 g/mol. The molecule has 0 aliphatic carbocycles. The third kappa shape index (κ3) is 5.94. The lowest BCUT2D eigenvalue weighted by molar-refractivity contribution is 0.0255. The first-order chi connectivity index (χ1) is 18.5. The smallest absolute Gasteiger partial charge is 0.260 e. The normalized spacial score (nSPS) is 18.2. The van der Waals surface area contributed by atoms with Gasteiger partial charge in [0.05, 0.1) is 29.1 Å². The van der Waals surface area contributed by atoms with Crippen LogP contribution in [0.1, 0.15) is 20.7 Å². The number of anilines is 3. The molecule has 1 atom stereocenters. The van der Waals surface area contributed by atoms with Gasteiger partial charge in [0.25, 0.3) is 11.8 Å². The van der Waals surface area contributed by atoms with Gasteiger partial charge in [0, 0.05) is 62.9 Å². The van der Waals surface area contributed by atoms with Crippen molar-refractivity contribution in [3.8, 4) is 0 Å². The van der Waals surface area contributed by atoms with Crippen molar-refractivity contribution in [1.29, 1.82) is 0 Å². The molecule has 0 radical (unpaired) electrons. The van der Waals surface area contributed by atoms with E-state index in [1.165, 1.54) is 0 Å². The molecule has 11 heteroatoms. The predicted molar refractivity (Wildman–Crippen MR) is 147 cm³/mol. The van der Waals surface area contributed by atoms with Crippen LogP contribution in [-0.4, -0.2) is 85.8 Å². The van der Waals surface area contributed by atoms with E-state index in [4.69, 9.17) is 16.3 Å². The average Bonchev–Trinajstić information content (AvgIpc) is 2.96. The largest absolute Gasteiger partial charge is 0.355 e. The highest BCUT2D eigenvalue weighted by Gasteiger charge is 2.29. The Morgan fingerprint density at radius 1 is 1.11 bits per heavy atom. The summed E-state index contributed by atoms with van der Waals surface area (Å²) in [6.07, 6.45) is 4.22. The molecular weight excluding hydrogens is 506 g/mol. The first kappa shape index (κ1) is 26.1. The van der Waals surface area contributed by atoms with Crippen LogP contribution in [0.2, 0.25) is 5.02 Å². The van der Waals surface area contributed by atoms with Crippen molar-refractivity contribution >= 4 is 40.6 Å². The Hall–Kier alpha value is -3.57. The zero-order chi connectivity index (χ0) is 26.5. The molecule has 2 aliphatic rings. The number of morpholine rings is 1. The minimum Gasteiger partial charge on any atom is -0.355 e. The zero-order valence-electron chi connectivity index (χ0n) is 21.1. The Morgan fingerprint density at radius 2 is 1.89 bits per heavy atom. The van der Waals surface area contributed by atoms with Gasteiger partial charge >= 0.3 is 0 Å². The van der Waals surface area contributed by atoms with Gasteiger partial charge in [-0.2, -0.15) is 0 Å². The number of pyridine rings is 2. The molecule has 1 aromatic carbocycles. The van der Waals surface area contributed by atoms with E-state index in [2.05, 4.69) is 37.4 Å². The Morgan fingerprint density at radius 3 is 2.58 bits per heavy atom. The molecule has 1 unspecified atom stereocenters. The Balaban J connectivity index is 1.36. The molecule has 2 fully saturated rings. The van der Waals surface area contributed by atoms with Crippen molar-refractivity contribution in [2.75, 3.05) is 68.0 Å². The quantitative estimate of drug-likeness (QED) is 0.497. The maximum Gasteiger partial charge on any atom is 0.260 e. The molecular formula is C27H30ClN7O3. The first-order valence-electron chi connectivity index (χ1n) is 12.6. The highest BCUT2D eigenvalue weighted by Crippen LogP contribution is 2.28. The van der Waals surface area contributed by atoms with Crippen LogP contribution in [0.25, 0.3) is 0 Å². The topological polar surface area (TPSA) is 103 Å². The van der Waals surface area contributed by atoms with Crippen LogP contribution in [0.4, 0.5) is 17.2 Å². The number of hydrogen-bond donors (Lipinski definition) is 2.